The SMILES string of the molecule is CN(C)C(CC(=O)CC(c1ccccc1)N(C)C)c1ccccc1. The lowest BCUT2D eigenvalue weighted by molar-refractivity contribution is -0.121. The third-order valence-corrected chi connectivity index (χ3v) is 4.46. The number of nitrogens with zero attached hydrogens (tertiary/aromatic N) is 2. The van der Waals surface area contributed by atoms with Crippen LogP contribution in [0, 0.1) is 0 Å². The summed E-state index contributed by atoms with van der Waals surface area (Å²) in [6.45, 7) is 0. The second kappa shape index (κ2) is 8.76. The molecule has 0 spiro atoms. The molecule has 3 heteroatoms. The van der Waals surface area contributed by atoms with Crippen molar-refractivity contribution in [3.05, 3.63) is 71.8 Å². The van der Waals surface area contributed by atoms with Gasteiger partial charge in [-0.05, 0) is 39.3 Å². The summed E-state index contributed by atoms with van der Waals surface area (Å²) in [6.07, 6.45) is 1.07. The molecule has 0 N–H and O–H groups in total. The van der Waals surface area contributed by atoms with Crippen LogP contribution in [0.3, 0.4) is 0 Å². The van der Waals surface area contributed by atoms with E-state index >= 15 is 0 Å². The van der Waals surface area contributed by atoms with Crippen molar-refractivity contribution in [1.82, 2.24) is 9.80 Å². The van der Waals surface area contributed by atoms with E-state index in [2.05, 4.69) is 34.1 Å². The summed E-state index contributed by atoms with van der Waals surface area (Å²) in [5, 5.41) is 0. The Hall–Kier alpha value is -1.97. The van der Waals surface area contributed by atoms with Crippen LogP contribution < -0.4 is 0 Å². The molecule has 2 aromatic carbocycles. The molecule has 2 atom stereocenters. The van der Waals surface area contributed by atoms with Crippen LogP contribution in [0.4, 0.5) is 0 Å². The maximum atomic E-state index is 12.8. The van der Waals surface area contributed by atoms with Crippen LogP contribution in [0.25, 0.3) is 0 Å². The standard InChI is InChI=1S/C21H28N2O/c1-22(2)20(17-11-7-5-8-12-17)15-19(24)16-21(23(3)4)18-13-9-6-10-14-18/h5-14,20-21H,15-16H2,1-4H3. The van der Waals surface area contributed by atoms with E-state index in [1.54, 1.807) is 0 Å². The summed E-state index contributed by atoms with van der Waals surface area (Å²) >= 11 is 0. The Balaban J connectivity index is 2.09. The van der Waals surface area contributed by atoms with Gasteiger partial charge < -0.3 is 9.80 Å². The molecule has 0 aromatic heterocycles. The molecule has 2 rings (SSSR count). The van der Waals surface area contributed by atoms with Crippen LogP contribution in [0.5, 0.6) is 0 Å². The zero-order chi connectivity index (χ0) is 17.5. The highest BCUT2D eigenvalue weighted by atomic mass is 16.1. The van der Waals surface area contributed by atoms with Gasteiger partial charge in [-0.3, -0.25) is 4.79 Å². The first-order chi connectivity index (χ1) is 11.5. The summed E-state index contributed by atoms with van der Waals surface area (Å²) in [4.78, 5) is 17.0. The van der Waals surface area contributed by atoms with E-state index in [0.717, 1.165) is 0 Å². The molecule has 24 heavy (non-hydrogen) atoms. The Morgan fingerprint density at radius 2 is 1.04 bits per heavy atom. The summed E-state index contributed by atoms with van der Waals surface area (Å²) in [6, 6.07) is 20.8. The molecule has 0 radical (unpaired) electrons. The van der Waals surface area contributed by atoms with Crippen LogP contribution >= 0.6 is 0 Å². The fraction of sp³-hybridized carbons (Fsp3) is 0.381. The summed E-state index contributed by atoms with van der Waals surface area (Å²) < 4.78 is 0. The Morgan fingerprint density at radius 1 is 0.708 bits per heavy atom. The molecule has 3 nitrogen and oxygen atoms in total. The second-order valence-corrected chi connectivity index (χ2v) is 6.73. The van der Waals surface area contributed by atoms with Gasteiger partial charge in [0.1, 0.15) is 5.78 Å². The monoisotopic (exact) mass is 324 g/mol. The molecule has 0 saturated carbocycles. The van der Waals surface area contributed by atoms with Crippen LogP contribution in [0.1, 0.15) is 36.1 Å². The summed E-state index contributed by atoms with van der Waals surface area (Å²) in [7, 11) is 8.13. The van der Waals surface area contributed by atoms with Crippen molar-refractivity contribution in [2.24, 2.45) is 0 Å². The van der Waals surface area contributed by atoms with Crippen LogP contribution in [-0.4, -0.2) is 43.8 Å². The zero-order valence-corrected chi connectivity index (χ0v) is 15.1. The average Bonchev–Trinajstić information content (AvgIpc) is 2.58. The van der Waals surface area contributed by atoms with Crippen LogP contribution in [0.2, 0.25) is 0 Å². The zero-order valence-electron chi connectivity index (χ0n) is 15.1. The molecule has 0 aliphatic heterocycles. The highest BCUT2D eigenvalue weighted by Crippen LogP contribution is 2.27. The lowest BCUT2D eigenvalue weighted by Gasteiger charge is -2.27. The number of ketones is 1. The molecule has 0 bridgehead atoms. The molecule has 2 unspecified atom stereocenters. The van der Waals surface area contributed by atoms with E-state index in [4.69, 9.17) is 0 Å². The van der Waals surface area contributed by atoms with Gasteiger partial charge in [0, 0.05) is 24.9 Å². The predicted molar refractivity (Wildman–Crippen MR) is 100.0 cm³/mol. The highest BCUT2D eigenvalue weighted by Gasteiger charge is 2.22. The third-order valence-electron chi connectivity index (χ3n) is 4.46. The Morgan fingerprint density at radius 3 is 1.33 bits per heavy atom. The molecule has 0 saturated heterocycles. The van der Waals surface area contributed by atoms with Crippen LogP contribution in [0.15, 0.2) is 60.7 Å². The van der Waals surface area contributed by atoms with Crippen molar-refractivity contribution in [2.75, 3.05) is 28.2 Å². The molecule has 2 aromatic rings. The number of benzene rings is 2. The van der Waals surface area contributed by atoms with Gasteiger partial charge >= 0.3 is 0 Å². The number of rotatable bonds is 8. The molecule has 0 aliphatic rings. The van der Waals surface area contributed by atoms with Gasteiger partial charge in [0.05, 0.1) is 0 Å². The minimum Gasteiger partial charge on any atom is -0.302 e. The number of Topliss-reactive ketones (excluding diaryl/α,β-unsaturated/α-hetero) is 1. The van der Waals surface area contributed by atoms with Crippen molar-refractivity contribution in [3.63, 3.8) is 0 Å². The smallest absolute Gasteiger partial charge is 0.136 e. The predicted octanol–water partition coefficient (Wildman–Crippen LogP) is 3.94. The number of hydrogen-bond donors (Lipinski definition) is 0. The summed E-state index contributed by atoms with van der Waals surface area (Å²) in [5.74, 6) is 0.292. The van der Waals surface area contributed by atoms with Gasteiger partial charge in [-0.25, -0.2) is 0 Å². The first kappa shape index (κ1) is 18.4. The maximum Gasteiger partial charge on any atom is 0.136 e. The second-order valence-electron chi connectivity index (χ2n) is 6.73. The fourth-order valence-corrected chi connectivity index (χ4v) is 3.06. The summed E-state index contributed by atoms with van der Waals surface area (Å²) in [5.41, 5.74) is 2.38. The van der Waals surface area contributed by atoms with E-state index < -0.39 is 0 Å². The van der Waals surface area contributed by atoms with Gasteiger partial charge in [-0.1, -0.05) is 60.7 Å². The lowest BCUT2D eigenvalue weighted by atomic mass is 9.94. The Labute approximate surface area is 145 Å². The third kappa shape index (κ3) is 5.02. The molecular weight excluding hydrogens is 296 g/mol. The normalized spacial score (nSPS) is 13.9. The maximum absolute atomic E-state index is 12.8. The number of carbonyl (C=O) groups excluding carboxylic acids is 1. The largest absolute Gasteiger partial charge is 0.302 e. The topological polar surface area (TPSA) is 23.6 Å². The first-order valence-electron chi connectivity index (χ1n) is 8.43. The van der Waals surface area contributed by atoms with E-state index in [9.17, 15) is 4.79 Å². The Kier molecular flexibility index (Phi) is 6.71. The van der Waals surface area contributed by atoms with E-state index in [1.807, 2.05) is 64.6 Å². The van der Waals surface area contributed by atoms with E-state index in [-0.39, 0.29) is 12.1 Å². The molecule has 0 heterocycles. The van der Waals surface area contributed by atoms with Crippen molar-refractivity contribution >= 4 is 5.78 Å². The van der Waals surface area contributed by atoms with E-state index in [1.165, 1.54) is 11.1 Å². The van der Waals surface area contributed by atoms with E-state index in [0.29, 0.717) is 18.6 Å². The van der Waals surface area contributed by atoms with Crippen LogP contribution in [-0.2, 0) is 4.79 Å². The van der Waals surface area contributed by atoms with Gasteiger partial charge in [0.15, 0.2) is 0 Å². The van der Waals surface area contributed by atoms with Crippen molar-refractivity contribution in [3.8, 4) is 0 Å². The first-order valence-corrected chi connectivity index (χ1v) is 8.43. The van der Waals surface area contributed by atoms with Gasteiger partial charge in [-0.15, -0.1) is 0 Å². The molecule has 0 fully saturated rings. The average molecular weight is 324 g/mol. The lowest BCUT2D eigenvalue weighted by Crippen LogP contribution is -2.26. The number of hydrogen-bond acceptors (Lipinski definition) is 3. The van der Waals surface area contributed by atoms with Gasteiger partial charge in [0.2, 0.25) is 0 Å². The fourth-order valence-electron chi connectivity index (χ4n) is 3.06. The van der Waals surface area contributed by atoms with Crippen molar-refractivity contribution < 1.29 is 4.79 Å². The van der Waals surface area contributed by atoms with Crippen molar-refractivity contribution in [1.29, 1.82) is 0 Å². The van der Waals surface area contributed by atoms with Gasteiger partial charge in [0.25, 0.3) is 0 Å². The quantitative estimate of drug-likeness (QED) is 0.735. The van der Waals surface area contributed by atoms with Gasteiger partial charge in [-0.2, -0.15) is 0 Å². The highest BCUT2D eigenvalue weighted by molar-refractivity contribution is 5.80. The molecular formula is C21H28N2O. The number of carbonyl (C=O) groups is 1. The Bertz CT molecular complexity index is 567. The minimum atomic E-state index is 0.122. The molecule has 0 amide bonds. The minimum absolute atomic E-state index is 0.122. The molecule has 128 valence electrons. The molecule has 0 aliphatic carbocycles. The van der Waals surface area contributed by atoms with Crippen molar-refractivity contribution in [2.45, 2.75) is 24.9 Å².